The molecule has 2 aromatic carbocycles. The van der Waals surface area contributed by atoms with E-state index in [0.29, 0.717) is 12.0 Å². The van der Waals surface area contributed by atoms with Crippen LogP contribution in [0, 0.1) is 0 Å². The number of aryl methyl sites for hydroxylation is 1. The number of pyridine rings is 1. The minimum atomic E-state index is -0.308. The maximum Gasteiger partial charge on any atom is 0.317 e. The number of nitrogens with zero attached hydrogens (tertiary/aromatic N) is 2. The number of hydrogen-bond donors (Lipinski definition) is 2. The maximum absolute atomic E-state index is 12.7. The number of halogens is 1. The summed E-state index contributed by atoms with van der Waals surface area (Å²) in [6, 6.07) is 16.3. The van der Waals surface area contributed by atoms with Crippen molar-refractivity contribution in [2.45, 2.75) is 38.3 Å². The molecule has 180 valence electrons. The lowest BCUT2D eigenvalue weighted by Crippen LogP contribution is -2.45. The highest BCUT2D eigenvalue weighted by atomic mass is 127. The molecule has 2 N–H and O–H groups in total. The molecule has 0 bridgehead atoms. The van der Waals surface area contributed by atoms with Crippen LogP contribution in [0.3, 0.4) is 0 Å². The van der Waals surface area contributed by atoms with Gasteiger partial charge in [-0.2, -0.15) is 0 Å². The first-order chi connectivity index (χ1) is 16.5. The summed E-state index contributed by atoms with van der Waals surface area (Å²) < 4.78 is 6.48. The van der Waals surface area contributed by atoms with Gasteiger partial charge in [-0.3, -0.25) is 9.78 Å². The van der Waals surface area contributed by atoms with E-state index in [4.69, 9.17) is 4.74 Å². The third kappa shape index (κ3) is 7.58. The Kier molecular flexibility index (Phi) is 9.93. The molecule has 0 aliphatic heterocycles. The Labute approximate surface area is 213 Å². The molecule has 0 saturated heterocycles. The van der Waals surface area contributed by atoms with Crippen molar-refractivity contribution < 1.29 is 19.4 Å². The number of phenolic OH excluding ortho intramolecular Hbond substituents is 1. The summed E-state index contributed by atoms with van der Waals surface area (Å²) in [6.07, 6.45) is 4.18. The number of aromatic nitrogens is 1. The minimum absolute atomic E-state index is 0.140. The molecule has 7 nitrogen and oxygen atoms in total. The molecule has 1 aromatic heterocycles. The van der Waals surface area contributed by atoms with Crippen molar-refractivity contribution in [3.63, 3.8) is 0 Å². The van der Waals surface area contributed by atoms with Crippen LogP contribution in [0.2, 0.25) is 0 Å². The monoisotopic (exact) mass is 575 g/mol. The number of carbonyl (C=O) groups excluding carboxylic acids is 2. The van der Waals surface area contributed by atoms with Crippen LogP contribution in [-0.4, -0.2) is 51.1 Å². The second kappa shape index (κ2) is 13.1. The Bertz CT molecular complexity index is 1110. The van der Waals surface area contributed by atoms with Crippen molar-refractivity contribution in [3.8, 4) is 5.75 Å². The SMILES string of the molecule is CN(C(=O)NCc1ccccc1O)[C@@H](CCCI)COC(=O)CCc1cc2ccccc2cn1. The fraction of sp³-hybridized carbons (Fsp3) is 0.346. The number of rotatable bonds is 11. The van der Waals surface area contributed by atoms with E-state index in [1.807, 2.05) is 36.5 Å². The van der Waals surface area contributed by atoms with Crippen molar-refractivity contribution in [2.75, 3.05) is 18.1 Å². The largest absolute Gasteiger partial charge is 0.508 e. The molecule has 1 heterocycles. The normalized spacial score (nSPS) is 11.7. The number of likely N-dealkylation sites (N-methyl/N-ethyl adjacent to an activating group) is 1. The first kappa shape index (κ1) is 25.7. The molecule has 0 aliphatic carbocycles. The van der Waals surface area contributed by atoms with Crippen LogP contribution in [0.25, 0.3) is 10.8 Å². The summed E-state index contributed by atoms with van der Waals surface area (Å²) in [4.78, 5) is 31.1. The average Bonchev–Trinajstić information content (AvgIpc) is 2.86. The van der Waals surface area contributed by atoms with Gasteiger partial charge in [-0.05, 0) is 34.8 Å². The maximum atomic E-state index is 12.7. The number of nitrogens with one attached hydrogen (secondary N) is 1. The van der Waals surface area contributed by atoms with Crippen molar-refractivity contribution >= 4 is 45.4 Å². The zero-order valence-corrected chi connectivity index (χ0v) is 21.4. The van der Waals surface area contributed by atoms with Crippen molar-refractivity contribution in [1.82, 2.24) is 15.2 Å². The molecular weight excluding hydrogens is 545 g/mol. The van der Waals surface area contributed by atoms with Gasteiger partial charge < -0.3 is 20.1 Å². The third-order valence-corrected chi connectivity index (χ3v) is 6.43. The van der Waals surface area contributed by atoms with E-state index in [0.717, 1.165) is 33.7 Å². The van der Waals surface area contributed by atoms with Crippen LogP contribution in [0.15, 0.2) is 60.8 Å². The summed E-state index contributed by atoms with van der Waals surface area (Å²) in [5, 5.41) is 14.9. The summed E-state index contributed by atoms with van der Waals surface area (Å²) in [7, 11) is 1.70. The molecular formula is C26H30IN3O4. The van der Waals surface area contributed by atoms with Gasteiger partial charge in [0, 0.05) is 42.9 Å². The highest BCUT2D eigenvalue weighted by molar-refractivity contribution is 14.1. The van der Waals surface area contributed by atoms with E-state index in [-0.39, 0.29) is 43.4 Å². The van der Waals surface area contributed by atoms with Crippen LogP contribution in [0.4, 0.5) is 4.79 Å². The standard InChI is InChI=1S/C26H30IN3O4/c1-30(26(33)29-17-21-9-4-5-11-24(21)31)23(10-6-14-27)18-34-25(32)13-12-22-15-19-7-2-3-8-20(19)16-28-22/h2-5,7-9,11,15-16,23,31H,6,10,12-14,17-18H2,1H3,(H,29,33)/t23-/m0/s1. The van der Waals surface area contributed by atoms with Gasteiger partial charge in [-0.1, -0.05) is 65.1 Å². The highest BCUT2D eigenvalue weighted by Crippen LogP contribution is 2.16. The first-order valence-electron chi connectivity index (χ1n) is 11.3. The number of esters is 1. The Morgan fingerprint density at radius 2 is 1.88 bits per heavy atom. The summed E-state index contributed by atoms with van der Waals surface area (Å²) in [5.74, 6) is -0.167. The molecule has 0 unspecified atom stereocenters. The lowest BCUT2D eigenvalue weighted by molar-refractivity contribution is -0.145. The number of phenols is 1. The zero-order chi connectivity index (χ0) is 24.3. The second-order valence-corrected chi connectivity index (χ2v) is 9.17. The Morgan fingerprint density at radius 1 is 1.15 bits per heavy atom. The summed E-state index contributed by atoms with van der Waals surface area (Å²) in [5.41, 5.74) is 1.49. The van der Waals surface area contributed by atoms with E-state index >= 15 is 0 Å². The van der Waals surface area contributed by atoms with Crippen LogP contribution in [-0.2, 0) is 22.5 Å². The number of hydrogen-bond acceptors (Lipinski definition) is 5. The van der Waals surface area contributed by atoms with E-state index in [1.54, 1.807) is 36.2 Å². The van der Waals surface area contributed by atoms with Gasteiger partial charge in [0.25, 0.3) is 0 Å². The minimum Gasteiger partial charge on any atom is -0.508 e. The molecule has 3 rings (SSSR count). The van der Waals surface area contributed by atoms with Crippen molar-refractivity contribution in [1.29, 1.82) is 0 Å². The highest BCUT2D eigenvalue weighted by Gasteiger charge is 2.21. The fourth-order valence-corrected chi connectivity index (χ4v) is 4.02. The van der Waals surface area contributed by atoms with E-state index < -0.39 is 0 Å². The zero-order valence-electron chi connectivity index (χ0n) is 19.2. The van der Waals surface area contributed by atoms with Crippen molar-refractivity contribution in [3.05, 3.63) is 72.1 Å². The molecule has 0 spiro atoms. The number of aromatic hydroxyl groups is 1. The molecule has 34 heavy (non-hydrogen) atoms. The van der Waals surface area contributed by atoms with Gasteiger partial charge in [-0.25, -0.2) is 4.79 Å². The van der Waals surface area contributed by atoms with Crippen LogP contribution >= 0.6 is 22.6 Å². The molecule has 0 radical (unpaired) electrons. The molecule has 3 aromatic rings. The van der Waals surface area contributed by atoms with Gasteiger partial charge in [-0.15, -0.1) is 0 Å². The molecule has 0 saturated carbocycles. The van der Waals surface area contributed by atoms with Crippen LogP contribution in [0.5, 0.6) is 5.75 Å². The fourth-order valence-electron chi connectivity index (χ4n) is 3.58. The summed E-state index contributed by atoms with van der Waals surface area (Å²) in [6.45, 7) is 0.356. The summed E-state index contributed by atoms with van der Waals surface area (Å²) >= 11 is 2.30. The topological polar surface area (TPSA) is 91.8 Å². The van der Waals surface area contributed by atoms with Gasteiger partial charge in [0.05, 0.1) is 12.5 Å². The lowest BCUT2D eigenvalue weighted by Gasteiger charge is -2.28. The smallest absolute Gasteiger partial charge is 0.317 e. The molecule has 0 fully saturated rings. The number of ether oxygens (including phenoxy) is 1. The van der Waals surface area contributed by atoms with Crippen LogP contribution < -0.4 is 5.32 Å². The Morgan fingerprint density at radius 3 is 2.65 bits per heavy atom. The molecule has 1 atom stereocenters. The van der Waals surface area contributed by atoms with Crippen molar-refractivity contribution in [2.24, 2.45) is 0 Å². The van der Waals surface area contributed by atoms with Crippen LogP contribution in [0.1, 0.15) is 30.5 Å². The number of fused-ring (bicyclic) bond motifs is 1. The number of para-hydroxylation sites is 1. The number of carbonyl (C=O) groups is 2. The number of amides is 2. The quantitative estimate of drug-likeness (QED) is 0.194. The molecule has 2 amide bonds. The van der Waals surface area contributed by atoms with Gasteiger partial charge in [0.2, 0.25) is 0 Å². The number of benzene rings is 2. The number of urea groups is 1. The number of alkyl halides is 1. The predicted octanol–water partition coefficient (Wildman–Crippen LogP) is 4.84. The Hall–Kier alpha value is -2.88. The van der Waals surface area contributed by atoms with E-state index in [9.17, 15) is 14.7 Å². The molecule has 0 aliphatic rings. The van der Waals surface area contributed by atoms with Gasteiger partial charge in [0.1, 0.15) is 12.4 Å². The van der Waals surface area contributed by atoms with E-state index in [2.05, 4.69) is 32.9 Å². The predicted molar refractivity (Wildman–Crippen MR) is 141 cm³/mol. The molecule has 8 heteroatoms. The second-order valence-electron chi connectivity index (χ2n) is 8.09. The third-order valence-electron chi connectivity index (χ3n) is 5.67. The average molecular weight is 575 g/mol. The first-order valence-corrected chi connectivity index (χ1v) is 12.8. The Balaban J connectivity index is 1.50. The van der Waals surface area contributed by atoms with E-state index in [1.165, 1.54) is 0 Å². The lowest BCUT2D eigenvalue weighted by atomic mass is 10.1. The van der Waals surface area contributed by atoms with Gasteiger partial charge in [0.15, 0.2) is 0 Å². The van der Waals surface area contributed by atoms with Gasteiger partial charge >= 0.3 is 12.0 Å².